The maximum atomic E-state index is 12.0. The third-order valence-electron chi connectivity index (χ3n) is 5.29. The van der Waals surface area contributed by atoms with E-state index in [1.54, 1.807) is 6.07 Å². The van der Waals surface area contributed by atoms with Crippen LogP contribution in [0.3, 0.4) is 0 Å². The molecule has 1 saturated carbocycles. The Morgan fingerprint density at radius 1 is 1.28 bits per heavy atom. The molecule has 0 bridgehead atoms. The predicted molar refractivity (Wildman–Crippen MR) is 115 cm³/mol. The number of rotatable bonds is 5. The molecular weight excluding hydrogens is 368 g/mol. The predicted octanol–water partition coefficient (Wildman–Crippen LogP) is 4.34. The van der Waals surface area contributed by atoms with Crippen LogP contribution >= 0.6 is 0 Å². The fourth-order valence-corrected chi connectivity index (χ4v) is 3.93. The molecule has 1 aliphatic rings. The standard InChI is InChI=1S/C23H32N2O4/c1-7-16-13-19(21(26)27)15(3)20(14-16)25(8-2)18-11-9-17(10-12-18)24-22(28)29-23(4,5)6/h1,13-14,17-18H,8-12H2,2-6H3,(H,24,28)(H,26,27). The summed E-state index contributed by atoms with van der Waals surface area (Å²) in [6.07, 6.45) is 8.67. The van der Waals surface area contributed by atoms with Crippen molar-refractivity contribution in [1.82, 2.24) is 5.32 Å². The highest BCUT2D eigenvalue weighted by atomic mass is 16.6. The summed E-state index contributed by atoms with van der Waals surface area (Å²) in [7, 11) is 0. The van der Waals surface area contributed by atoms with Gasteiger partial charge in [0, 0.05) is 29.9 Å². The molecule has 6 heteroatoms. The number of carbonyl (C=O) groups is 2. The van der Waals surface area contributed by atoms with E-state index in [1.807, 2.05) is 33.8 Å². The van der Waals surface area contributed by atoms with Crippen LogP contribution in [0.5, 0.6) is 0 Å². The number of carboxylic acid groups (broad SMARTS) is 1. The first-order chi connectivity index (χ1) is 13.6. The second-order valence-corrected chi connectivity index (χ2v) is 8.56. The molecular formula is C23H32N2O4. The molecule has 0 unspecified atom stereocenters. The number of hydrogen-bond acceptors (Lipinski definition) is 4. The van der Waals surface area contributed by atoms with Crippen molar-refractivity contribution < 1.29 is 19.4 Å². The molecule has 2 N–H and O–H groups in total. The number of anilines is 1. The normalized spacial score (nSPS) is 19.2. The van der Waals surface area contributed by atoms with E-state index in [2.05, 4.69) is 23.1 Å². The lowest BCUT2D eigenvalue weighted by atomic mass is 9.89. The molecule has 0 heterocycles. The Balaban J connectivity index is 2.12. The van der Waals surface area contributed by atoms with Gasteiger partial charge in [0.2, 0.25) is 0 Å². The van der Waals surface area contributed by atoms with Crippen molar-refractivity contribution in [3.05, 3.63) is 28.8 Å². The van der Waals surface area contributed by atoms with Crippen molar-refractivity contribution in [2.24, 2.45) is 0 Å². The summed E-state index contributed by atoms with van der Waals surface area (Å²) in [6.45, 7) is 10.2. The molecule has 0 atom stereocenters. The smallest absolute Gasteiger partial charge is 0.407 e. The van der Waals surface area contributed by atoms with Gasteiger partial charge in [-0.05, 0) is 78.0 Å². The van der Waals surface area contributed by atoms with Gasteiger partial charge >= 0.3 is 12.1 Å². The number of carbonyl (C=O) groups excluding carboxylic acids is 1. The van der Waals surface area contributed by atoms with Crippen LogP contribution in [0.4, 0.5) is 10.5 Å². The van der Waals surface area contributed by atoms with Gasteiger partial charge in [-0.3, -0.25) is 0 Å². The second-order valence-electron chi connectivity index (χ2n) is 8.56. The first kappa shape index (κ1) is 22.6. The zero-order valence-electron chi connectivity index (χ0n) is 18.0. The second kappa shape index (κ2) is 9.21. The third kappa shape index (κ3) is 5.90. The Labute approximate surface area is 173 Å². The van der Waals surface area contributed by atoms with Gasteiger partial charge in [-0.15, -0.1) is 6.42 Å². The largest absolute Gasteiger partial charge is 0.478 e. The number of aromatic carboxylic acids is 1. The van der Waals surface area contributed by atoms with Crippen LogP contribution in [0, 0.1) is 19.3 Å². The summed E-state index contributed by atoms with van der Waals surface area (Å²) in [5.41, 5.74) is 1.91. The van der Waals surface area contributed by atoms with Gasteiger partial charge in [0.25, 0.3) is 0 Å². The number of terminal acetylenes is 1. The number of nitrogens with one attached hydrogen (secondary N) is 1. The maximum Gasteiger partial charge on any atom is 0.407 e. The average Bonchev–Trinajstić information content (AvgIpc) is 2.63. The molecule has 0 saturated heterocycles. The van der Waals surface area contributed by atoms with Gasteiger partial charge in [-0.2, -0.15) is 0 Å². The average molecular weight is 401 g/mol. The van der Waals surface area contributed by atoms with Crippen LogP contribution in [-0.4, -0.2) is 41.4 Å². The number of ether oxygens (including phenoxy) is 1. The van der Waals surface area contributed by atoms with Crippen LogP contribution in [0.1, 0.15) is 74.9 Å². The fraction of sp³-hybridized carbons (Fsp3) is 0.565. The van der Waals surface area contributed by atoms with E-state index in [4.69, 9.17) is 11.2 Å². The molecule has 1 aromatic rings. The highest BCUT2D eigenvalue weighted by Crippen LogP contribution is 2.32. The fourth-order valence-electron chi connectivity index (χ4n) is 3.93. The van der Waals surface area contributed by atoms with Crippen molar-refractivity contribution in [1.29, 1.82) is 0 Å². The van der Waals surface area contributed by atoms with Gasteiger partial charge in [-0.25, -0.2) is 9.59 Å². The molecule has 0 aromatic heterocycles. The van der Waals surface area contributed by atoms with Crippen molar-refractivity contribution in [3.8, 4) is 12.3 Å². The van der Waals surface area contributed by atoms with E-state index in [0.29, 0.717) is 5.56 Å². The summed E-state index contributed by atoms with van der Waals surface area (Å²) in [4.78, 5) is 25.9. The Morgan fingerprint density at radius 2 is 1.90 bits per heavy atom. The minimum atomic E-state index is -0.970. The Bertz CT molecular complexity index is 796. The van der Waals surface area contributed by atoms with E-state index in [1.165, 1.54) is 0 Å². The summed E-state index contributed by atoms with van der Waals surface area (Å²) in [6, 6.07) is 3.81. The number of carboxylic acids is 1. The van der Waals surface area contributed by atoms with Gasteiger partial charge in [0.1, 0.15) is 5.60 Å². The van der Waals surface area contributed by atoms with E-state index in [9.17, 15) is 14.7 Å². The van der Waals surface area contributed by atoms with E-state index in [0.717, 1.165) is 43.5 Å². The van der Waals surface area contributed by atoms with Crippen molar-refractivity contribution in [3.63, 3.8) is 0 Å². The number of alkyl carbamates (subject to hydrolysis) is 1. The summed E-state index contributed by atoms with van der Waals surface area (Å²) < 4.78 is 5.35. The van der Waals surface area contributed by atoms with Crippen LogP contribution < -0.4 is 10.2 Å². The molecule has 29 heavy (non-hydrogen) atoms. The lowest BCUT2D eigenvalue weighted by Crippen LogP contribution is -2.45. The zero-order valence-corrected chi connectivity index (χ0v) is 18.0. The highest BCUT2D eigenvalue weighted by Gasteiger charge is 2.29. The molecule has 158 valence electrons. The van der Waals surface area contributed by atoms with Crippen molar-refractivity contribution in [2.45, 2.75) is 78.0 Å². The highest BCUT2D eigenvalue weighted by molar-refractivity contribution is 5.92. The molecule has 1 aromatic carbocycles. The lowest BCUT2D eigenvalue weighted by molar-refractivity contribution is 0.0490. The topological polar surface area (TPSA) is 78.9 Å². The summed E-state index contributed by atoms with van der Waals surface area (Å²) in [5.74, 6) is 1.60. The van der Waals surface area contributed by atoms with Crippen molar-refractivity contribution >= 4 is 17.7 Å². The molecule has 0 radical (unpaired) electrons. The third-order valence-corrected chi connectivity index (χ3v) is 5.29. The minimum Gasteiger partial charge on any atom is -0.478 e. The van der Waals surface area contributed by atoms with Gasteiger partial charge < -0.3 is 20.1 Å². The molecule has 1 aliphatic carbocycles. The van der Waals surface area contributed by atoms with Gasteiger partial charge in [0.15, 0.2) is 0 Å². The number of benzene rings is 1. The van der Waals surface area contributed by atoms with Gasteiger partial charge in [-0.1, -0.05) is 5.92 Å². The Morgan fingerprint density at radius 3 is 2.38 bits per heavy atom. The van der Waals surface area contributed by atoms with Crippen LogP contribution in [-0.2, 0) is 4.74 Å². The molecule has 0 aliphatic heterocycles. The Hall–Kier alpha value is -2.68. The molecule has 6 nitrogen and oxygen atoms in total. The van der Waals surface area contributed by atoms with Crippen LogP contribution in [0.15, 0.2) is 12.1 Å². The number of hydrogen-bond donors (Lipinski definition) is 2. The van der Waals surface area contributed by atoms with E-state index < -0.39 is 11.6 Å². The molecule has 1 fully saturated rings. The van der Waals surface area contributed by atoms with E-state index in [-0.39, 0.29) is 23.7 Å². The summed E-state index contributed by atoms with van der Waals surface area (Å²) in [5, 5.41) is 12.5. The first-order valence-electron chi connectivity index (χ1n) is 10.2. The molecule has 0 spiro atoms. The zero-order chi connectivity index (χ0) is 21.8. The lowest BCUT2D eigenvalue weighted by Gasteiger charge is -2.39. The Kier molecular flexibility index (Phi) is 7.18. The van der Waals surface area contributed by atoms with E-state index >= 15 is 0 Å². The minimum absolute atomic E-state index is 0.0903. The number of amides is 1. The molecule has 1 amide bonds. The van der Waals surface area contributed by atoms with Crippen molar-refractivity contribution in [2.75, 3.05) is 11.4 Å². The first-order valence-corrected chi connectivity index (χ1v) is 10.2. The monoisotopic (exact) mass is 400 g/mol. The molecule has 2 rings (SSSR count). The SMILES string of the molecule is C#Cc1cc(C(=O)O)c(C)c(N(CC)C2CCC(NC(=O)OC(C)(C)C)CC2)c1. The van der Waals surface area contributed by atoms with Gasteiger partial charge in [0.05, 0.1) is 5.56 Å². The maximum absolute atomic E-state index is 12.0. The summed E-state index contributed by atoms with van der Waals surface area (Å²) >= 11 is 0. The van der Waals surface area contributed by atoms with Crippen LogP contribution in [0.25, 0.3) is 0 Å². The van der Waals surface area contributed by atoms with Crippen LogP contribution in [0.2, 0.25) is 0 Å². The quantitative estimate of drug-likeness (QED) is 0.719. The number of nitrogens with zero attached hydrogens (tertiary/aromatic N) is 1.